The normalized spacial score (nSPS) is 14.1. The fourth-order valence-electron chi connectivity index (χ4n) is 2.32. The van der Waals surface area contributed by atoms with E-state index in [0.29, 0.717) is 0 Å². The Balaban J connectivity index is 0.000000171. The van der Waals surface area contributed by atoms with Crippen molar-refractivity contribution in [3.05, 3.63) is 106 Å². The minimum absolute atomic E-state index is 0.106. The van der Waals surface area contributed by atoms with Crippen LogP contribution in [0.2, 0.25) is 0 Å². The van der Waals surface area contributed by atoms with Gasteiger partial charge in [0.2, 0.25) is 0 Å². The molecular weight excluding hydrogens is 528 g/mol. The van der Waals surface area contributed by atoms with Crippen molar-refractivity contribution in [1.29, 1.82) is 0 Å². The maximum Gasteiger partial charge on any atom is -0.0226 e. The van der Waals surface area contributed by atoms with Crippen LogP contribution in [-0.4, -0.2) is 0 Å². The number of allylic oxidation sites excluding steroid dienone is 8. The maximum absolute atomic E-state index is 4.81. The Labute approximate surface area is 186 Å². The van der Waals surface area contributed by atoms with E-state index in [0.717, 1.165) is 21.4 Å². The zero-order chi connectivity index (χ0) is 19.2. The van der Waals surface area contributed by atoms with Crippen molar-refractivity contribution in [1.82, 2.24) is 0 Å². The van der Waals surface area contributed by atoms with E-state index < -0.39 is 0 Å². The summed E-state index contributed by atoms with van der Waals surface area (Å²) in [7, 11) is 10.4. The van der Waals surface area contributed by atoms with Gasteiger partial charge in [-0.15, -0.1) is 0 Å². The van der Waals surface area contributed by atoms with E-state index in [1.807, 2.05) is 0 Å². The van der Waals surface area contributed by atoms with Crippen LogP contribution in [0.4, 0.5) is 0 Å². The van der Waals surface area contributed by atoms with Crippen molar-refractivity contribution in [2.24, 2.45) is 0 Å². The van der Waals surface area contributed by atoms with E-state index >= 15 is 0 Å². The third kappa shape index (κ3) is 10.1. The molecule has 2 aromatic carbocycles. The molecule has 2 aromatic rings. The molecule has 146 valence electrons. The van der Waals surface area contributed by atoms with Gasteiger partial charge >= 0.3 is 108 Å². The molecule has 0 nitrogen and oxygen atoms in total. The number of benzene rings is 2. The average molecular weight is 550 g/mol. The van der Waals surface area contributed by atoms with E-state index in [1.165, 1.54) is 25.6 Å². The monoisotopic (exact) mass is 548 g/mol. The zero-order valence-electron chi connectivity index (χ0n) is 14.6. The van der Waals surface area contributed by atoms with Crippen molar-refractivity contribution >= 4 is 38.2 Å². The van der Waals surface area contributed by atoms with Crippen molar-refractivity contribution in [2.75, 3.05) is 0 Å². The second-order valence-electron chi connectivity index (χ2n) is 5.45. The van der Waals surface area contributed by atoms with Crippen molar-refractivity contribution in [2.45, 2.75) is 12.8 Å². The number of hydrogen-bond acceptors (Lipinski definition) is 0. The molecule has 0 atom stereocenters. The van der Waals surface area contributed by atoms with Gasteiger partial charge in [0.1, 0.15) is 0 Å². The summed E-state index contributed by atoms with van der Waals surface area (Å²) in [4.78, 5) is 0. The summed E-state index contributed by atoms with van der Waals surface area (Å²) in [6.07, 6.45) is 15.5. The Bertz CT molecular complexity index is 721. The summed E-state index contributed by atoms with van der Waals surface area (Å²) in [5.74, 6) is 0. The zero-order valence-corrected chi connectivity index (χ0v) is 19.7. The second-order valence-corrected chi connectivity index (χ2v) is 10.9. The third-order valence-electron chi connectivity index (χ3n) is 3.50. The van der Waals surface area contributed by atoms with Crippen LogP contribution in [0.3, 0.4) is 0 Å². The fourth-order valence-corrected chi connectivity index (χ4v) is 4.71. The molecule has 0 aromatic heterocycles. The van der Waals surface area contributed by atoms with Gasteiger partial charge in [0.25, 0.3) is 0 Å². The van der Waals surface area contributed by atoms with Crippen molar-refractivity contribution < 1.29 is 30.9 Å². The van der Waals surface area contributed by atoms with Gasteiger partial charge in [-0.05, 0) is 10.6 Å². The Morgan fingerprint density at radius 1 is 0.704 bits per heavy atom. The van der Waals surface area contributed by atoms with E-state index in [9.17, 15) is 0 Å². The summed E-state index contributed by atoms with van der Waals surface area (Å²) in [6.45, 7) is 0. The van der Waals surface area contributed by atoms with Crippen LogP contribution in [0, 0.1) is 0 Å². The molecule has 0 radical (unpaired) electrons. The Hall–Kier alpha value is -0.408. The Morgan fingerprint density at radius 3 is 1.44 bits per heavy atom. The minimum Gasteiger partial charge on any atom is -0.0622 e. The van der Waals surface area contributed by atoms with Crippen LogP contribution in [0.15, 0.2) is 106 Å². The largest absolute Gasteiger partial charge is 0.0622 e. The van der Waals surface area contributed by atoms with Gasteiger partial charge in [0.15, 0.2) is 0 Å². The first kappa shape index (κ1) is 22.9. The van der Waals surface area contributed by atoms with E-state index in [1.54, 1.807) is 8.94 Å². The van der Waals surface area contributed by atoms with E-state index in [2.05, 4.69) is 97.1 Å². The van der Waals surface area contributed by atoms with Crippen LogP contribution in [-0.2, 0) is 30.9 Å². The molecule has 4 rings (SSSR count). The molecule has 5 heteroatoms. The summed E-state index contributed by atoms with van der Waals surface area (Å²) < 4.78 is 3.11. The molecule has 0 aliphatic heterocycles. The molecule has 2 aliphatic rings. The van der Waals surface area contributed by atoms with Gasteiger partial charge < -0.3 is 0 Å². The predicted octanol–water partition coefficient (Wildman–Crippen LogP) is 6.45. The molecule has 0 fully saturated rings. The number of rotatable bonds is 4. The Morgan fingerprint density at radius 2 is 1.11 bits per heavy atom. The average Bonchev–Trinajstić information content (AvgIpc) is 3.40. The number of hydrogen-bond donors (Lipinski definition) is 0. The van der Waals surface area contributed by atoms with E-state index in [-0.39, 0.29) is 15.9 Å². The molecule has 0 unspecified atom stereocenters. The fraction of sp³-hybridized carbons (Fsp3) is 0.0909. The maximum atomic E-state index is 4.81. The molecule has 0 bridgehead atoms. The first-order chi connectivity index (χ1) is 13.3. The SMILES string of the molecule is C1=CC[C]([Fe][C]2=CC=CC2)=C1.[Cl][Pd][Cl].c1ccc(Pc2ccccc2)cc1. The summed E-state index contributed by atoms with van der Waals surface area (Å²) >= 11 is 1.08. The van der Waals surface area contributed by atoms with Gasteiger partial charge in [-0.3, -0.25) is 0 Å². The molecule has 0 spiro atoms. The van der Waals surface area contributed by atoms with Crippen LogP contribution < -0.4 is 10.6 Å². The smallest absolute Gasteiger partial charge is 0.0226 e. The minimum atomic E-state index is -0.106. The molecule has 0 heterocycles. The molecular formula is C22H21Cl2FePPd. The van der Waals surface area contributed by atoms with Gasteiger partial charge in [-0.1, -0.05) is 69.2 Å². The summed E-state index contributed by atoms with van der Waals surface area (Å²) in [6, 6.07) is 21.2. The molecule has 27 heavy (non-hydrogen) atoms. The van der Waals surface area contributed by atoms with Crippen molar-refractivity contribution in [3.63, 3.8) is 0 Å². The third-order valence-corrected chi connectivity index (χ3v) is 6.27. The van der Waals surface area contributed by atoms with E-state index in [4.69, 9.17) is 19.1 Å². The van der Waals surface area contributed by atoms with Crippen LogP contribution in [0.25, 0.3) is 0 Å². The van der Waals surface area contributed by atoms with Crippen LogP contribution >= 0.6 is 27.6 Å². The topological polar surface area (TPSA) is 0 Å². The predicted molar refractivity (Wildman–Crippen MR) is 116 cm³/mol. The van der Waals surface area contributed by atoms with Crippen molar-refractivity contribution in [3.8, 4) is 0 Å². The molecule has 0 N–H and O–H groups in total. The van der Waals surface area contributed by atoms with Gasteiger partial charge in [-0.2, -0.15) is 0 Å². The van der Waals surface area contributed by atoms with Gasteiger partial charge in [0, 0.05) is 0 Å². The van der Waals surface area contributed by atoms with Crippen LogP contribution in [0.5, 0.6) is 0 Å². The quantitative estimate of drug-likeness (QED) is 0.304. The summed E-state index contributed by atoms with van der Waals surface area (Å²) in [5, 5.41) is 2.79. The summed E-state index contributed by atoms with van der Waals surface area (Å²) in [5.41, 5.74) is 0. The van der Waals surface area contributed by atoms with Gasteiger partial charge in [-0.25, -0.2) is 0 Å². The van der Waals surface area contributed by atoms with Gasteiger partial charge in [0.05, 0.1) is 0 Å². The number of halogens is 2. The molecule has 2 aliphatic carbocycles. The molecule has 0 saturated carbocycles. The first-order valence-corrected chi connectivity index (χ1v) is 14.5. The van der Waals surface area contributed by atoms with Crippen LogP contribution in [0.1, 0.15) is 12.8 Å². The first-order valence-electron chi connectivity index (χ1n) is 8.35. The molecule has 0 saturated heterocycles. The Kier molecular flexibility index (Phi) is 12.3. The molecule has 0 amide bonds. The second kappa shape index (κ2) is 14.6. The standard InChI is InChI=1S/C12H11P.2C5H5.2ClH.Fe.Pd/c1-3-7-11(8-4-1)13-12-9-5-2-6-10-12;2*1-2-4-5-3-1;;;;/h1-10,13H;2*1-3H,4H2;2*1H;;/q;;;;;;+2/p-2.